The molecule has 0 aromatic heterocycles. The number of unbranched alkanes of at least 4 members (excludes halogenated alkanes) is 2. The maximum absolute atomic E-state index is 12.0. The van der Waals surface area contributed by atoms with E-state index in [9.17, 15) is 9.59 Å². The summed E-state index contributed by atoms with van der Waals surface area (Å²) in [5.74, 6) is -0.310. The van der Waals surface area contributed by atoms with Gasteiger partial charge in [0.25, 0.3) is 0 Å². The summed E-state index contributed by atoms with van der Waals surface area (Å²) in [6, 6.07) is 9.09. The van der Waals surface area contributed by atoms with Crippen LogP contribution >= 0.6 is 0 Å². The largest absolute Gasteiger partial charge is 0.462 e. The van der Waals surface area contributed by atoms with Gasteiger partial charge in [-0.25, -0.2) is 9.59 Å². The van der Waals surface area contributed by atoms with Crippen LogP contribution in [0.4, 0.5) is 0 Å². The first-order chi connectivity index (χ1) is 15.8. The Morgan fingerprint density at radius 2 is 1.61 bits per heavy atom. The third kappa shape index (κ3) is 8.81. The highest BCUT2D eigenvalue weighted by Crippen LogP contribution is 2.39. The molecule has 0 spiro atoms. The Balaban J connectivity index is 1.93. The molecule has 0 bridgehead atoms. The summed E-state index contributed by atoms with van der Waals surface area (Å²) in [5, 5.41) is 9.09. The molecule has 0 heterocycles. The van der Waals surface area contributed by atoms with Crippen molar-refractivity contribution in [1.29, 1.82) is 0 Å². The van der Waals surface area contributed by atoms with E-state index in [-0.39, 0.29) is 24.7 Å². The standard InChI is InChI=1S/C28H40O5/c1-5-6-7-8-22-9-11-23(12-10-22)24-13-15-25(16-14-24)26(18-32-27(30)20(2)3)19-33-28(31)21(4)17-29/h9-12,24-26,29H,2,4-8,13-19H2,1,3H3. The number of rotatable bonds is 13. The fraction of sp³-hybridized carbons (Fsp3) is 0.571. The van der Waals surface area contributed by atoms with Crippen LogP contribution in [0.15, 0.2) is 48.6 Å². The van der Waals surface area contributed by atoms with E-state index in [1.165, 1.54) is 30.4 Å². The summed E-state index contributed by atoms with van der Waals surface area (Å²) in [6.45, 7) is 10.9. The third-order valence-electron chi connectivity index (χ3n) is 6.64. The van der Waals surface area contributed by atoms with Crippen LogP contribution in [0, 0.1) is 11.8 Å². The van der Waals surface area contributed by atoms with Gasteiger partial charge in [-0.2, -0.15) is 0 Å². The molecular formula is C28H40O5. The molecule has 33 heavy (non-hydrogen) atoms. The van der Waals surface area contributed by atoms with Gasteiger partial charge in [0.2, 0.25) is 0 Å². The molecule has 0 aliphatic heterocycles. The quantitative estimate of drug-likeness (QED) is 0.240. The Bertz CT molecular complexity index is 787. The van der Waals surface area contributed by atoms with E-state index in [0.29, 0.717) is 17.4 Å². The van der Waals surface area contributed by atoms with Gasteiger partial charge < -0.3 is 14.6 Å². The first-order valence-corrected chi connectivity index (χ1v) is 12.2. The first-order valence-electron chi connectivity index (χ1n) is 12.2. The van der Waals surface area contributed by atoms with Crippen LogP contribution in [0.25, 0.3) is 0 Å². The third-order valence-corrected chi connectivity index (χ3v) is 6.64. The van der Waals surface area contributed by atoms with Crippen molar-refractivity contribution in [1.82, 2.24) is 0 Å². The molecule has 1 N–H and O–H groups in total. The lowest BCUT2D eigenvalue weighted by Gasteiger charge is -2.33. The predicted molar refractivity (Wildman–Crippen MR) is 131 cm³/mol. The second kappa shape index (κ2) is 14.0. The van der Waals surface area contributed by atoms with Crippen LogP contribution < -0.4 is 0 Å². The number of esters is 2. The van der Waals surface area contributed by atoms with Crippen molar-refractivity contribution < 1.29 is 24.2 Å². The maximum atomic E-state index is 12.0. The molecule has 1 aliphatic carbocycles. The van der Waals surface area contributed by atoms with Crippen LogP contribution in [-0.2, 0) is 25.5 Å². The molecule has 1 aromatic rings. The lowest BCUT2D eigenvalue weighted by Crippen LogP contribution is -2.30. The zero-order valence-electron chi connectivity index (χ0n) is 20.3. The minimum atomic E-state index is -0.610. The predicted octanol–water partition coefficient (Wildman–Crippen LogP) is 5.52. The summed E-state index contributed by atoms with van der Waals surface area (Å²) in [5.41, 5.74) is 3.17. The second-order valence-corrected chi connectivity index (χ2v) is 9.31. The summed E-state index contributed by atoms with van der Waals surface area (Å²) < 4.78 is 10.8. The van der Waals surface area contributed by atoms with E-state index in [1.54, 1.807) is 6.92 Å². The van der Waals surface area contributed by atoms with Gasteiger partial charge in [-0.15, -0.1) is 0 Å². The number of ether oxygens (including phenoxy) is 2. The van der Waals surface area contributed by atoms with Gasteiger partial charge in [0.1, 0.15) is 0 Å². The summed E-state index contributed by atoms with van der Waals surface area (Å²) in [4.78, 5) is 23.8. The van der Waals surface area contributed by atoms with Gasteiger partial charge in [0.15, 0.2) is 0 Å². The smallest absolute Gasteiger partial charge is 0.335 e. The molecule has 1 aliphatic rings. The molecule has 1 atom stereocenters. The number of aliphatic hydroxyl groups excluding tert-OH is 1. The molecule has 1 saturated carbocycles. The number of carbonyl (C=O) groups is 2. The van der Waals surface area contributed by atoms with Crippen molar-refractivity contribution in [2.45, 2.75) is 71.1 Å². The van der Waals surface area contributed by atoms with Crippen molar-refractivity contribution in [2.24, 2.45) is 11.8 Å². The van der Waals surface area contributed by atoms with Gasteiger partial charge in [-0.05, 0) is 68.4 Å². The van der Waals surface area contributed by atoms with E-state index < -0.39 is 18.5 Å². The van der Waals surface area contributed by atoms with Gasteiger partial charge in [-0.1, -0.05) is 57.2 Å². The minimum Gasteiger partial charge on any atom is -0.462 e. The monoisotopic (exact) mass is 456 g/mol. The van der Waals surface area contributed by atoms with E-state index in [1.807, 2.05) is 0 Å². The average molecular weight is 457 g/mol. The highest BCUT2D eigenvalue weighted by Gasteiger charge is 2.30. The summed E-state index contributed by atoms with van der Waals surface area (Å²) >= 11 is 0. The number of aliphatic hydroxyl groups is 1. The molecule has 182 valence electrons. The minimum absolute atomic E-state index is 0.0227. The Kier molecular flexibility index (Phi) is 11.4. The number of benzene rings is 1. The number of aryl methyl sites for hydroxylation is 1. The zero-order valence-corrected chi connectivity index (χ0v) is 20.3. The zero-order chi connectivity index (χ0) is 24.2. The second-order valence-electron chi connectivity index (χ2n) is 9.31. The van der Waals surface area contributed by atoms with Gasteiger partial charge in [0, 0.05) is 11.5 Å². The van der Waals surface area contributed by atoms with E-state index in [4.69, 9.17) is 14.6 Å². The van der Waals surface area contributed by atoms with Gasteiger partial charge in [-0.3, -0.25) is 0 Å². The summed E-state index contributed by atoms with van der Waals surface area (Å²) in [6.07, 6.45) is 8.99. The lowest BCUT2D eigenvalue weighted by molar-refractivity contribution is -0.146. The topological polar surface area (TPSA) is 72.8 Å². The first kappa shape index (κ1) is 26.8. The molecule has 5 heteroatoms. The summed E-state index contributed by atoms with van der Waals surface area (Å²) in [7, 11) is 0. The van der Waals surface area contributed by atoms with Crippen molar-refractivity contribution in [3.8, 4) is 0 Å². The Morgan fingerprint density at radius 1 is 1.00 bits per heavy atom. The fourth-order valence-corrected chi connectivity index (χ4v) is 4.44. The highest BCUT2D eigenvalue weighted by atomic mass is 16.5. The molecule has 5 nitrogen and oxygen atoms in total. The van der Waals surface area contributed by atoms with E-state index in [2.05, 4.69) is 44.3 Å². The van der Waals surface area contributed by atoms with Crippen LogP contribution in [0.2, 0.25) is 0 Å². The van der Waals surface area contributed by atoms with Crippen LogP contribution in [0.1, 0.15) is 75.8 Å². The lowest BCUT2D eigenvalue weighted by atomic mass is 9.74. The van der Waals surface area contributed by atoms with E-state index >= 15 is 0 Å². The average Bonchev–Trinajstić information content (AvgIpc) is 2.84. The van der Waals surface area contributed by atoms with Crippen LogP contribution in [-0.4, -0.2) is 36.9 Å². The Labute approximate surface area is 198 Å². The molecule has 0 amide bonds. The van der Waals surface area contributed by atoms with Crippen LogP contribution in [0.3, 0.4) is 0 Å². The Hall–Kier alpha value is -2.40. The van der Waals surface area contributed by atoms with Crippen molar-refractivity contribution in [3.05, 3.63) is 59.7 Å². The molecule has 0 radical (unpaired) electrons. The van der Waals surface area contributed by atoms with Crippen LogP contribution in [0.5, 0.6) is 0 Å². The molecule has 2 rings (SSSR count). The molecule has 0 saturated heterocycles. The maximum Gasteiger partial charge on any atom is 0.335 e. The SMILES string of the molecule is C=C(C)C(=O)OCC(COC(=O)C(=C)CO)C1CCC(c2ccc(CCCCC)cc2)CC1. The normalized spacial score (nSPS) is 18.9. The van der Waals surface area contributed by atoms with Gasteiger partial charge in [0.05, 0.1) is 25.4 Å². The van der Waals surface area contributed by atoms with Crippen molar-refractivity contribution in [2.75, 3.05) is 19.8 Å². The number of carbonyl (C=O) groups excluding carboxylic acids is 2. The molecular weight excluding hydrogens is 416 g/mol. The fourth-order valence-electron chi connectivity index (χ4n) is 4.44. The Morgan fingerprint density at radius 3 is 2.15 bits per heavy atom. The van der Waals surface area contributed by atoms with Gasteiger partial charge >= 0.3 is 11.9 Å². The van der Waals surface area contributed by atoms with Crippen molar-refractivity contribution >= 4 is 11.9 Å². The molecule has 1 aromatic carbocycles. The van der Waals surface area contributed by atoms with Crippen molar-refractivity contribution in [3.63, 3.8) is 0 Å². The highest BCUT2D eigenvalue weighted by molar-refractivity contribution is 5.88. The molecule has 1 fully saturated rings. The number of hydrogen-bond donors (Lipinski definition) is 1. The van der Waals surface area contributed by atoms with E-state index in [0.717, 1.165) is 32.1 Å². The number of hydrogen-bond acceptors (Lipinski definition) is 5. The molecule has 1 unspecified atom stereocenters.